The third kappa shape index (κ3) is 4.49. The number of rotatable bonds is 5. The first kappa shape index (κ1) is 19.2. The van der Waals surface area contributed by atoms with E-state index in [1.165, 1.54) is 31.4 Å². The summed E-state index contributed by atoms with van der Waals surface area (Å²) < 4.78 is 0. The Morgan fingerprint density at radius 2 is 1.82 bits per heavy atom. The first-order valence-corrected chi connectivity index (χ1v) is 10.7. The lowest BCUT2D eigenvalue weighted by molar-refractivity contribution is -0.121. The summed E-state index contributed by atoms with van der Waals surface area (Å²) in [5.74, 6) is 1.98. The number of hydrogen-bond acceptors (Lipinski definition) is 4. The van der Waals surface area contributed by atoms with Crippen molar-refractivity contribution in [1.82, 2.24) is 15.5 Å². The van der Waals surface area contributed by atoms with Crippen molar-refractivity contribution in [1.29, 1.82) is 0 Å². The summed E-state index contributed by atoms with van der Waals surface area (Å²) in [5.41, 5.74) is 1.22. The molecule has 28 heavy (non-hydrogen) atoms. The van der Waals surface area contributed by atoms with Crippen LogP contribution in [0.1, 0.15) is 32.6 Å². The molecule has 6 nitrogen and oxygen atoms in total. The zero-order valence-corrected chi connectivity index (χ0v) is 16.8. The monoisotopic (exact) mass is 384 g/mol. The molecule has 6 heteroatoms. The summed E-state index contributed by atoms with van der Waals surface area (Å²) >= 11 is 0. The lowest BCUT2D eigenvalue weighted by Gasteiger charge is -2.35. The van der Waals surface area contributed by atoms with Crippen LogP contribution < -0.4 is 15.5 Å². The second kappa shape index (κ2) is 8.52. The fourth-order valence-electron chi connectivity index (χ4n) is 5.43. The quantitative estimate of drug-likeness (QED) is 0.819. The number of nitrogens with one attached hydrogen (secondary N) is 2. The summed E-state index contributed by atoms with van der Waals surface area (Å²) in [5, 5.41) is 5.53. The standard InChI is InChI=1S/C22H32N4O2/c1-16(20-14-17-7-8-18(20)13-17)23-22(28)24-21(27)15-25-9-11-26(12-10-25)19-5-3-2-4-6-19/h2-6,16-18,20H,7-15H2,1H3,(H2,23,24,27,28). The van der Waals surface area contributed by atoms with E-state index < -0.39 is 0 Å². The average molecular weight is 385 g/mol. The number of fused-ring (bicyclic) bond motifs is 2. The second-order valence-corrected chi connectivity index (χ2v) is 8.75. The van der Waals surface area contributed by atoms with Gasteiger partial charge in [0.15, 0.2) is 0 Å². The molecule has 2 N–H and O–H groups in total. The minimum absolute atomic E-state index is 0.137. The normalized spacial score (nSPS) is 28.2. The molecule has 4 unspecified atom stereocenters. The number of carbonyl (C=O) groups is 2. The maximum absolute atomic E-state index is 12.3. The molecule has 2 bridgehead atoms. The third-order valence-electron chi connectivity index (χ3n) is 6.91. The summed E-state index contributed by atoms with van der Waals surface area (Å²) in [6.45, 7) is 5.79. The highest BCUT2D eigenvalue weighted by atomic mass is 16.2. The van der Waals surface area contributed by atoms with Crippen LogP contribution in [0.25, 0.3) is 0 Å². The lowest BCUT2D eigenvalue weighted by Crippen LogP contribution is -2.52. The highest BCUT2D eigenvalue weighted by molar-refractivity contribution is 5.95. The molecule has 3 aliphatic rings. The molecule has 0 radical (unpaired) electrons. The first-order chi connectivity index (χ1) is 13.6. The van der Waals surface area contributed by atoms with Crippen LogP contribution in [0, 0.1) is 17.8 Å². The minimum atomic E-state index is -0.344. The Labute approximate surface area is 167 Å². The molecule has 1 aromatic rings. The SMILES string of the molecule is CC(NC(=O)NC(=O)CN1CCN(c2ccccc2)CC1)C1CC2CCC1C2. The van der Waals surface area contributed by atoms with Crippen LogP contribution in [-0.4, -0.2) is 55.6 Å². The summed E-state index contributed by atoms with van der Waals surface area (Å²) in [7, 11) is 0. The molecule has 1 heterocycles. The Morgan fingerprint density at radius 1 is 1.07 bits per heavy atom. The van der Waals surface area contributed by atoms with Gasteiger partial charge in [-0.3, -0.25) is 15.0 Å². The molecule has 1 aliphatic heterocycles. The van der Waals surface area contributed by atoms with Gasteiger partial charge in [-0.25, -0.2) is 4.79 Å². The first-order valence-electron chi connectivity index (χ1n) is 10.7. The molecule has 1 aromatic carbocycles. The van der Waals surface area contributed by atoms with E-state index in [2.05, 4.69) is 39.5 Å². The molecule has 2 aliphatic carbocycles. The summed E-state index contributed by atoms with van der Waals surface area (Å²) in [4.78, 5) is 29.0. The van der Waals surface area contributed by atoms with Gasteiger partial charge in [-0.05, 0) is 56.1 Å². The number of imide groups is 1. The number of anilines is 1. The molecule has 2 saturated carbocycles. The maximum atomic E-state index is 12.3. The van der Waals surface area contributed by atoms with E-state index in [9.17, 15) is 9.59 Å². The second-order valence-electron chi connectivity index (χ2n) is 8.75. The number of hydrogen-bond donors (Lipinski definition) is 2. The molecule has 152 valence electrons. The van der Waals surface area contributed by atoms with E-state index in [1.54, 1.807) is 0 Å². The molecular weight excluding hydrogens is 352 g/mol. The highest BCUT2D eigenvalue weighted by Crippen LogP contribution is 2.49. The van der Waals surface area contributed by atoms with Crippen LogP contribution in [0.5, 0.6) is 0 Å². The van der Waals surface area contributed by atoms with Gasteiger partial charge in [-0.1, -0.05) is 24.6 Å². The molecule has 3 fully saturated rings. The van der Waals surface area contributed by atoms with Gasteiger partial charge >= 0.3 is 6.03 Å². The largest absolute Gasteiger partial charge is 0.369 e. The number of para-hydroxylation sites is 1. The molecule has 1 saturated heterocycles. The molecule has 4 atom stereocenters. The maximum Gasteiger partial charge on any atom is 0.321 e. The minimum Gasteiger partial charge on any atom is -0.369 e. The van der Waals surface area contributed by atoms with Crippen molar-refractivity contribution < 1.29 is 9.59 Å². The number of amides is 3. The van der Waals surface area contributed by atoms with Gasteiger partial charge in [0, 0.05) is 37.9 Å². The van der Waals surface area contributed by atoms with Crippen molar-refractivity contribution >= 4 is 17.6 Å². The van der Waals surface area contributed by atoms with E-state index in [1.807, 2.05) is 18.2 Å². The van der Waals surface area contributed by atoms with Gasteiger partial charge in [0.1, 0.15) is 0 Å². The molecule has 4 rings (SSSR count). The molecule has 3 amide bonds. The Hall–Kier alpha value is -2.08. The van der Waals surface area contributed by atoms with Crippen LogP contribution in [0.3, 0.4) is 0 Å². The van der Waals surface area contributed by atoms with Crippen molar-refractivity contribution in [2.75, 3.05) is 37.6 Å². The van der Waals surface area contributed by atoms with E-state index >= 15 is 0 Å². The average Bonchev–Trinajstić information content (AvgIpc) is 3.32. The van der Waals surface area contributed by atoms with Gasteiger partial charge in [0.25, 0.3) is 0 Å². The number of carbonyl (C=O) groups excluding carboxylic acids is 2. The lowest BCUT2D eigenvalue weighted by atomic mass is 9.84. The zero-order chi connectivity index (χ0) is 19.5. The summed E-state index contributed by atoms with van der Waals surface area (Å²) in [6.07, 6.45) is 5.21. The van der Waals surface area contributed by atoms with Gasteiger partial charge in [-0.15, -0.1) is 0 Å². The Morgan fingerprint density at radius 3 is 2.46 bits per heavy atom. The van der Waals surface area contributed by atoms with Gasteiger partial charge in [0.2, 0.25) is 5.91 Å². The zero-order valence-electron chi connectivity index (χ0n) is 16.8. The van der Waals surface area contributed by atoms with E-state index in [4.69, 9.17) is 0 Å². The summed E-state index contributed by atoms with van der Waals surface area (Å²) in [6, 6.07) is 10.1. The number of urea groups is 1. The Balaban J connectivity index is 1.17. The third-order valence-corrected chi connectivity index (χ3v) is 6.91. The molecular formula is C22H32N4O2. The predicted molar refractivity (Wildman–Crippen MR) is 110 cm³/mol. The molecule has 0 spiro atoms. The number of benzene rings is 1. The van der Waals surface area contributed by atoms with E-state index in [0.29, 0.717) is 5.92 Å². The topological polar surface area (TPSA) is 64.7 Å². The number of nitrogens with zero attached hydrogens (tertiary/aromatic N) is 2. The fraction of sp³-hybridized carbons (Fsp3) is 0.636. The van der Waals surface area contributed by atoms with Gasteiger partial charge in [0.05, 0.1) is 6.54 Å². The van der Waals surface area contributed by atoms with Crippen molar-refractivity contribution in [2.45, 2.75) is 38.6 Å². The van der Waals surface area contributed by atoms with Crippen LogP contribution in [0.15, 0.2) is 30.3 Å². The van der Waals surface area contributed by atoms with Crippen molar-refractivity contribution in [3.63, 3.8) is 0 Å². The van der Waals surface area contributed by atoms with Gasteiger partial charge in [-0.2, -0.15) is 0 Å². The van der Waals surface area contributed by atoms with Crippen LogP contribution in [0.4, 0.5) is 10.5 Å². The van der Waals surface area contributed by atoms with E-state index in [-0.39, 0.29) is 24.5 Å². The van der Waals surface area contributed by atoms with Crippen molar-refractivity contribution in [3.05, 3.63) is 30.3 Å². The highest BCUT2D eigenvalue weighted by Gasteiger charge is 2.42. The smallest absolute Gasteiger partial charge is 0.321 e. The van der Waals surface area contributed by atoms with Crippen LogP contribution >= 0.6 is 0 Å². The van der Waals surface area contributed by atoms with Crippen molar-refractivity contribution in [2.24, 2.45) is 17.8 Å². The van der Waals surface area contributed by atoms with Crippen LogP contribution in [-0.2, 0) is 4.79 Å². The Bertz CT molecular complexity index is 687. The predicted octanol–water partition coefficient (Wildman–Crippen LogP) is 2.46. The number of piperazine rings is 1. The fourth-order valence-corrected chi connectivity index (χ4v) is 5.43. The molecule has 0 aromatic heterocycles. The van der Waals surface area contributed by atoms with Gasteiger partial charge < -0.3 is 10.2 Å². The van der Waals surface area contributed by atoms with Crippen molar-refractivity contribution in [3.8, 4) is 0 Å². The van der Waals surface area contributed by atoms with Crippen LogP contribution in [0.2, 0.25) is 0 Å². The van der Waals surface area contributed by atoms with E-state index in [0.717, 1.165) is 38.0 Å². The Kier molecular flexibility index (Phi) is 5.85.